The van der Waals surface area contributed by atoms with E-state index in [-0.39, 0.29) is 11.8 Å². The van der Waals surface area contributed by atoms with Crippen molar-refractivity contribution in [3.8, 4) is 11.4 Å². The maximum atomic E-state index is 13.9. The number of carbonyl (C=O) groups is 1. The number of benzene rings is 2. The summed E-state index contributed by atoms with van der Waals surface area (Å²) < 4.78 is 29.8. The van der Waals surface area contributed by atoms with Gasteiger partial charge in [0.25, 0.3) is 0 Å². The van der Waals surface area contributed by atoms with Gasteiger partial charge in [-0.2, -0.15) is 0 Å². The van der Waals surface area contributed by atoms with Crippen LogP contribution in [-0.4, -0.2) is 26.3 Å². The van der Waals surface area contributed by atoms with Gasteiger partial charge in [-0.05, 0) is 37.1 Å². The molecule has 150 valence electrons. The zero-order chi connectivity index (χ0) is 20.4. The lowest BCUT2D eigenvalue weighted by Gasteiger charge is -2.17. The molecule has 4 rings (SSSR count). The minimum Gasteiger partial charge on any atom is -0.299 e. The van der Waals surface area contributed by atoms with Gasteiger partial charge in [0.2, 0.25) is 0 Å². The number of aromatic nitrogens is 3. The Morgan fingerprint density at radius 3 is 2.45 bits per heavy atom. The van der Waals surface area contributed by atoms with Gasteiger partial charge in [-0.3, -0.25) is 9.36 Å². The number of nitrogens with zero attached hydrogens (tertiary/aromatic N) is 3. The molecule has 4 nitrogen and oxygen atoms in total. The van der Waals surface area contributed by atoms with Crippen LogP contribution in [0.4, 0.5) is 8.78 Å². The van der Waals surface area contributed by atoms with Gasteiger partial charge >= 0.3 is 0 Å². The van der Waals surface area contributed by atoms with Crippen molar-refractivity contribution in [3.63, 3.8) is 0 Å². The van der Waals surface area contributed by atoms with E-state index in [4.69, 9.17) is 11.6 Å². The van der Waals surface area contributed by atoms with Crippen LogP contribution in [0.1, 0.15) is 42.1 Å². The molecule has 29 heavy (non-hydrogen) atoms. The van der Waals surface area contributed by atoms with Crippen LogP contribution in [-0.2, 0) is 0 Å². The van der Waals surface area contributed by atoms with Crippen molar-refractivity contribution in [1.29, 1.82) is 0 Å². The van der Waals surface area contributed by atoms with Gasteiger partial charge in [-0.15, -0.1) is 10.2 Å². The summed E-state index contributed by atoms with van der Waals surface area (Å²) >= 11 is 7.50. The van der Waals surface area contributed by atoms with Gasteiger partial charge in [0.15, 0.2) is 16.8 Å². The van der Waals surface area contributed by atoms with E-state index >= 15 is 0 Å². The van der Waals surface area contributed by atoms with Gasteiger partial charge in [0, 0.05) is 11.6 Å². The van der Waals surface area contributed by atoms with Crippen LogP contribution in [0.2, 0.25) is 5.02 Å². The molecule has 0 N–H and O–H groups in total. The van der Waals surface area contributed by atoms with E-state index in [1.807, 2.05) is 22.8 Å². The van der Waals surface area contributed by atoms with Gasteiger partial charge < -0.3 is 0 Å². The van der Waals surface area contributed by atoms with Gasteiger partial charge in [0.05, 0.1) is 16.3 Å². The largest absolute Gasteiger partial charge is 0.299 e. The Hall–Kier alpha value is -2.25. The summed E-state index contributed by atoms with van der Waals surface area (Å²) in [6, 6.07) is 11.0. The summed E-state index contributed by atoms with van der Waals surface area (Å²) in [6.07, 6.45) is 4.18. The van der Waals surface area contributed by atoms with E-state index in [2.05, 4.69) is 10.2 Å². The van der Waals surface area contributed by atoms with Crippen LogP contribution < -0.4 is 0 Å². The van der Waals surface area contributed by atoms with Crippen molar-refractivity contribution >= 4 is 29.1 Å². The lowest BCUT2D eigenvalue weighted by molar-refractivity contribution is 0.101. The molecule has 0 amide bonds. The molecular formula is C21H18ClF2N3OS. The van der Waals surface area contributed by atoms with Crippen molar-refractivity contribution in [2.45, 2.75) is 36.9 Å². The summed E-state index contributed by atoms with van der Waals surface area (Å²) in [4.78, 5) is 12.4. The van der Waals surface area contributed by atoms with Crippen molar-refractivity contribution in [2.75, 3.05) is 5.75 Å². The second kappa shape index (κ2) is 8.63. The molecule has 0 unspecified atom stereocenters. The number of hydrogen-bond acceptors (Lipinski definition) is 4. The Balaban J connectivity index is 1.64. The number of rotatable bonds is 6. The second-order valence-corrected chi connectivity index (χ2v) is 8.25. The molecule has 2 aromatic carbocycles. The predicted molar refractivity (Wildman–Crippen MR) is 109 cm³/mol. The molecule has 0 atom stereocenters. The monoisotopic (exact) mass is 433 g/mol. The van der Waals surface area contributed by atoms with E-state index in [1.54, 1.807) is 6.07 Å². The standard InChI is InChI=1S/C21H18ClF2N3OS/c22-15-9-4-3-8-14(15)20-25-26-21(27(20)13-6-1-2-7-13)29-12-18(28)19-16(23)10-5-11-17(19)24/h3-5,8-11,13H,1-2,6-7,12H2. The fourth-order valence-corrected chi connectivity index (χ4v) is 4.76. The third kappa shape index (κ3) is 4.07. The molecule has 1 heterocycles. The topological polar surface area (TPSA) is 47.8 Å². The molecule has 3 aromatic rings. The van der Waals surface area contributed by atoms with Crippen LogP contribution >= 0.6 is 23.4 Å². The highest BCUT2D eigenvalue weighted by atomic mass is 35.5. The highest BCUT2D eigenvalue weighted by Gasteiger charge is 2.26. The normalized spacial score (nSPS) is 14.4. The Morgan fingerprint density at radius 1 is 1.07 bits per heavy atom. The summed E-state index contributed by atoms with van der Waals surface area (Å²) in [5.74, 6) is -1.82. The van der Waals surface area contributed by atoms with Crippen LogP contribution in [0.5, 0.6) is 0 Å². The van der Waals surface area contributed by atoms with Crippen molar-refractivity contribution in [2.24, 2.45) is 0 Å². The average Bonchev–Trinajstić information content (AvgIpc) is 3.36. The van der Waals surface area contributed by atoms with Crippen LogP contribution in [0.25, 0.3) is 11.4 Å². The highest BCUT2D eigenvalue weighted by molar-refractivity contribution is 7.99. The first-order valence-corrected chi connectivity index (χ1v) is 10.7. The lowest BCUT2D eigenvalue weighted by atomic mass is 10.1. The van der Waals surface area contributed by atoms with E-state index in [0.717, 1.165) is 55.1 Å². The van der Waals surface area contributed by atoms with Crippen molar-refractivity contribution in [3.05, 3.63) is 64.7 Å². The quantitative estimate of drug-likeness (QED) is 0.355. The van der Waals surface area contributed by atoms with Gasteiger partial charge in [0.1, 0.15) is 11.6 Å². The molecule has 1 aliphatic carbocycles. The third-order valence-corrected chi connectivity index (χ3v) is 6.32. The van der Waals surface area contributed by atoms with E-state index in [0.29, 0.717) is 16.0 Å². The Labute approximate surface area is 176 Å². The molecule has 0 bridgehead atoms. The summed E-state index contributed by atoms with van der Waals surface area (Å²) in [5.41, 5.74) is 0.255. The third-order valence-electron chi connectivity index (χ3n) is 5.04. The van der Waals surface area contributed by atoms with Gasteiger partial charge in [-0.1, -0.05) is 54.4 Å². The number of thioether (sulfide) groups is 1. The van der Waals surface area contributed by atoms with E-state index < -0.39 is 23.0 Å². The van der Waals surface area contributed by atoms with Crippen molar-refractivity contribution < 1.29 is 13.6 Å². The Bertz CT molecular complexity index is 1030. The molecule has 1 saturated carbocycles. The SMILES string of the molecule is O=C(CSc1nnc(-c2ccccc2Cl)n1C1CCCC1)c1c(F)cccc1F. The number of carbonyl (C=O) groups excluding carboxylic acids is 1. The average molecular weight is 434 g/mol. The first-order chi connectivity index (χ1) is 14.1. The first-order valence-electron chi connectivity index (χ1n) is 9.36. The van der Waals surface area contributed by atoms with Gasteiger partial charge in [-0.25, -0.2) is 8.78 Å². The number of halogens is 3. The minimum absolute atomic E-state index is 0.134. The number of Topliss-reactive ketones (excluding diaryl/α,β-unsaturated/α-hetero) is 1. The molecule has 1 aromatic heterocycles. The Morgan fingerprint density at radius 2 is 1.76 bits per heavy atom. The van der Waals surface area contributed by atoms with Crippen molar-refractivity contribution in [1.82, 2.24) is 14.8 Å². The molecule has 0 spiro atoms. The maximum absolute atomic E-state index is 13.9. The maximum Gasteiger partial charge on any atom is 0.192 e. The van der Waals surface area contributed by atoms with Crippen LogP contribution in [0.3, 0.4) is 0 Å². The number of ketones is 1. The molecule has 1 fully saturated rings. The zero-order valence-electron chi connectivity index (χ0n) is 15.4. The minimum atomic E-state index is -0.857. The molecule has 0 aliphatic heterocycles. The fraction of sp³-hybridized carbons (Fsp3) is 0.286. The molecule has 8 heteroatoms. The zero-order valence-corrected chi connectivity index (χ0v) is 17.0. The summed E-state index contributed by atoms with van der Waals surface area (Å²) in [5, 5.41) is 9.71. The van der Waals surface area contributed by atoms with Crippen LogP contribution in [0, 0.1) is 11.6 Å². The van der Waals surface area contributed by atoms with E-state index in [1.165, 1.54) is 6.07 Å². The predicted octanol–water partition coefficient (Wildman–Crippen LogP) is 5.97. The molecule has 1 aliphatic rings. The fourth-order valence-electron chi connectivity index (χ4n) is 3.66. The van der Waals surface area contributed by atoms with Crippen LogP contribution in [0.15, 0.2) is 47.6 Å². The van der Waals surface area contributed by atoms with E-state index in [9.17, 15) is 13.6 Å². The highest BCUT2D eigenvalue weighted by Crippen LogP contribution is 2.38. The summed E-state index contributed by atoms with van der Waals surface area (Å²) in [7, 11) is 0. The second-order valence-electron chi connectivity index (χ2n) is 6.90. The number of hydrogen-bond donors (Lipinski definition) is 0. The summed E-state index contributed by atoms with van der Waals surface area (Å²) in [6.45, 7) is 0. The first kappa shape index (κ1) is 20.0. The lowest BCUT2D eigenvalue weighted by Crippen LogP contribution is -2.11. The molecular weight excluding hydrogens is 416 g/mol. The smallest absolute Gasteiger partial charge is 0.192 e. The Kier molecular flexibility index (Phi) is 5.96. The molecule has 0 radical (unpaired) electrons. The molecule has 0 saturated heterocycles.